The van der Waals surface area contributed by atoms with E-state index in [1.165, 1.54) is 0 Å². The highest BCUT2D eigenvalue weighted by Gasteiger charge is 2.17. The third kappa shape index (κ3) is 3.03. The van der Waals surface area contributed by atoms with Crippen LogP contribution in [0.4, 0.5) is 11.4 Å². The van der Waals surface area contributed by atoms with Crippen molar-refractivity contribution >= 4 is 28.9 Å². The molecule has 0 aliphatic rings. The summed E-state index contributed by atoms with van der Waals surface area (Å²) in [6, 6.07) is 5.06. The summed E-state index contributed by atoms with van der Waals surface area (Å²) in [5.41, 5.74) is 8.97. The van der Waals surface area contributed by atoms with Crippen molar-refractivity contribution in [2.24, 2.45) is 0 Å². The van der Waals surface area contributed by atoms with Crippen molar-refractivity contribution in [3.8, 4) is 0 Å². The summed E-state index contributed by atoms with van der Waals surface area (Å²) in [5, 5.41) is 7.66. The molecular weight excluding hydrogens is 288 g/mol. The van der Waals surface area contributed by atoms with Gasteiger partial charge in [0.1, 0.15) is 0 Å². The lowest BCUT2D eigenvalue weighted by molar-refractivity contribution is 0.102. The highest BCUT2D eigenvalue weighted by molar-refractivity contribution is 6.34. The van der Waals surface area contributed by atoms with E-state index >= 15 is 0 Å². The molecule has 0 unspecified atom stereocenters. The molecule has 0 saturated heterocycles. The van der Waals surface area contributed by atoms with E-state index in [1.54, 1.807) is 18.2 Å². The number of carbonyl (C=O) groups excluding carboxylic acids is 1. The minimum absolute atomic E-state index is 0.231. The van der Waals surface area contributed by atoms with Gasteiger partial charge >= 0.3 is 0 Å². The maximum absolute atomic E-state index is 12.4. The Morgan fingerprint density at radius 2 is 2.05 bits per heavy atom. The number of hydrogen-bond acceptors (Lipinski definition) is 3. The van der Waals surface area contributed by atoms with Crippen molar-refractivity contribution in [3.63, 3.8) is 0 Å². The molecule has 0 radical (unpaired) electrons. The predicted molar refractivity (Wildman–Crippen MR) is 85.9 cm³/mol. The molecule has 21 heavy (non-hydrogen) atoms. The first-order valence-corrected chi connectivity index (χ1v) is 7.11. The Morgan fingerprint density at radius 3 is 2.57 bits per heavy atom. The molecule has 1 aromatic heterocycles. The molecule has 2 rings (SSSR count). The van der Waals surface area contributed by atoms with Crippen LogP contribution in [0.25, 0.3) is 0 Å². The van der Waals surface area contributed by atoms with Gasteiger partial charge in [-0.05, 0) is 45.9 Å². The Labute approximate surface area is 129 Å². The van der Waals surface area contributed by atoms with Gasteiger partial charge in [0, 0.05) is 11.7 Å². The molecule has 1 heterocycles. The van der Waals surface area contributed by atoms with Crippen LogP contribution in [0, 0.1) is 13.8 Å². The van der Waals surface area contributed by atoms with Crippen LogP contribution in [0.2, 0.25) is 5.02 Å². The van der Waals surface area contributed by atoms with E-state index < -0.39 is 0 Å². The molecule has 0 aliphatic carbocycles. The number of amides is 1. The number of nitrogens with two attached hydrogens (primary N) is 1. The highest BCUT2D eigenvalue weighted by Crippen LogP contribution is 2.25. The van der Waals surface area contributed by atoms with Gasteiger partial charge in [0.05, 0.1) is 27.7 Å². The van der Waals surface area contributed by atoms with Gasteiger partial charge in [-0.1, -0.05) is 11.6 Å². The van der Waals surface area contributed by atoms with E-state index in [0.29, 0.717) is 16.3 Å². The van der Waals surface area contributed by atoms with Crippen LogP contribution >= 0.6 is 11.6 Å². The number of aromatic nitrogens is 2. The van der Waals surface area contributed by atoms with Crippen molar-refractivity contribution in [1.82, 2.24) is 9.78 Å². The van der Waals surface area contributed by atoms with Gasteiger partial charge in [0.15, 0.2) is 0 Å². The molecule has 1 aromatic carbocycles. The first kappa shape index (κ1) is 15.4. The number of benzene rings is 1. The Hall–Kier alpha value is -2.01. The summed E-state index contributed by atoms with van der Waals surface area (Å²) in [6.45, 7) is 7.88. The Kier molecular flexibility index (Phi) is 4.23. The normalized spacial score (nSPS) is 11.0. The lowest BCUT2D eigenvalue weighted by atomic mass is 10.2. The van der Waals surface area contributed by atoms with E-state index in [2.05, 4.69) is 10.4 Å². The topological polar surface area (TPSA) is 72.9 Å². The molecule has 3 N–H and O–H groups in total. The van der Waals surface area contributed by atoms with Gasteiger partial charge in [-0.25, -0.2) is 0 Å². The van der Waals surface area contributed by atoms with Gasteiger partial charge in [-0.15, -0.1) is 0 Å². The van der Waals surface area contributed by atoms with Crippen LogP contribution < -0.4 is 11.1 Å². The molecule has 2 aromatic rings. The number of nitrogens with one attached hydrogen (secondary N) is 1. The molecule has 6 heteroatoms. The number of nitrogen functional groups attached to an aromatic ring is 1. The summed E-state index contributed by atoms with van der Waals surface area (Å²) >= 11 is 6.06. The van der Waals surface area contributed by atoms with Gasteiger partial charge in [0.25, 0.3) is 5.91 Å². The van der Waals surface area contributed by atoms with Crippen molar-refractivity contribution in [3.05, 3.63) is 40.2 Å². The lowest BCUT2D eigenvalue weighted by Gasteiger charge is -2.10. The maximum Gasteiger partial charge on any atom is 0.257 e. The molecule has 0 saturated carbocycles. The molecule has 0 bridgehead atoms. The zero-order valence-corrected chi connectivity index (χ0v) is 13.3. The quantitative estimate of drug-likeness (QED) is 0.851. The zero-order valence-electron chi connectivity index (χ0n) is 12.6. The van der Waals surface area contributed by atoms with E-state index in [4.69, 9.17) is 17.3 Å². The fourth-order valence-corrected chi connectivity index (χ4v) is 2.52. The number of nitrogens with zero attached hydrogens (tertiary/aromatic N) is 2. The monoisotopic (exact) mass is 306 g/mol. The average Bonchev–Trinajstić information content (AvgIpc) is 2.66. The predicted octanol–water partition coefficient (Wildman–Crippen LogP) is 3.57. The SMILES string of the molecule is Cc1nn(C(C)C)c(C)c1NC(=O)c1ccc(N)cc1Cl. The lowest BCUT2D eigenvalue weighted by Crippen LogP contribution is -2.14. The van der Waals surface area contributed by atoms with Crippen LogP contribution in [0.5, 0.6) is 0 Å². The first-order valence-electron chi connectivity index (χ1n) is 6.73. The Balaban J connectivity index is 2.32. The smallest absolute Gasteiger partial charge is 0.257 e. The molecule has 0 aliphatic heterocycles. The maximum atomic E-state index is 12.4. The fourth-order valence-electron chi connectivity index (χ4n) is 2.24. The molecule has 0 atom stereocenters. The first-order chi connectivity index (χ1) is 9.81. The minimum Gasteiger partial charge on any atom is -0.399 e. The second-order valence-corrected chi connectivity index (χ2v) is 5.68. The van der Waals surface area contributed by atoms with Crippen molar-refractivity contribution in [2.45, 2.75) is 33.7 Å². The Morgan fingerprint density at radius 1 is 1.38 bits per heavy atom. The van der Waals surface area contributed by atoms with Gasteiger partial charge in [0.2, 0.25) is 0 Å². The van der Waals surface area contributed by atoms with E-state index in [9.17, 15) is 4.79 Å². The van der Waals surface area contributed by atoms with E-state index in [1.807, 2.05) is 32.4 Å². The second kappa shape index (κ2) is 5.77. The number of carbonyl (C=O) groups is 1. The van der Waals surface area contributed by atoms with Gasteiger partial charge < -0.3 is 11.1 Å². The van der Waals surface area contributed by atoms with Gasteiger partial charge in [-0.2, -0.15) is 5.10 Å². The van der Waals surface area contributed by atoms with E-state index in [0.717, 1.165) is 17.1 Å². The number of hydrogen-bond donors (Lipinski definition) is 2. The standard InChI is InChI=1S/C15H19ClN4O/c1-8(2)20-10(4)14(9(3)19-20)18-15(21)12-6-5-11(17)7-13(12)16/h5-8H,17H2,1-4H3,(H,18,21). The Bertz CT molecular complexity index is 691. The largest absolute Gasteiger partial charge is 0.399 e. The van der Waals surface area contributed by atoms with Crippen LogP contribution in [-0.4, -0.2) is 15.7 Å². The van der Waals surface area contributed by atoms with Crippen LogP contribution in [-0.2, 0) is 0 Å². The summed E-state index contributed by atoms with van der Waals surface area (Å²) in [5.74, 6) is -0.269. The molecular formula is C15H19ClN4O. The van der Waals surface area contributed by atoms with Crippen molar-refractivity contribution < 1.29 is 4.79 Å². The summed E-state index contributed by atoms with van der Waals surface area (Å²) in [6.07, 6.45) is 0. The van der Waals surface area contributed by atoms with Crippen LogP contribution in [0.15, 0.2) is 18.2 Å². The molecule has 0 spiro atoms. The van der Waals surface area contributed by atoms with Gasteiger partial charge in [-0.3, -0.25) is 9.48 Å². The van der Waals surface area contributed by atoms with Crippen LogP contribution in [0.1, 0.15) is 41.6 Å². The number of halogens is 1. The molecule has 0 fully saturated rings. The highest BCUT2D eigenvalue weighted by atomic mass is 35.5. The van der Waals surface area contributed by atoms with Crippen molar-refractivity contribution in [2.75, 3.05) is 11.1 Å². The summed E-state index contributed by atoms with van der Waals surface area (Å²) in [4.78, 5) is 12.4. The third-order valence-corrected chi connectivity index (χ3v) is 3.60. The molecule has 1 amide bonds. The number of rotatable bonds is 3. The molecule has 5 nitrogen and oxygen atoms in total. The van der Waals surface area contributed by atoms with E-state index in [-0.39, 0.29) is 11.9 Å². The molecule has 112 valence electrons. The van der Waals surface area contributed by atoms with Crippen molar-refractivity contribution in [1.29, 1.82) is 0 Å². The average molecular weight is 307 g/mol. The zero-order chi connectivity index (χ0) is 15.7. The summed E-state index contributed by atoms with van der Waals surface area (Å²) in [7, 11) is 0. The number of anilines is 2. The third-order valence-electron chi connectivity index (χ3n) is 3.29. The minimum atomic E-state index is -0.269. The fraction of sp³-hybridized carbons (Fsp3) is 0.333. The second-order valence-electron chi connectivity index (χ2n) is 5.28. The number of aryl methyl sites for hydroxylation is 1. The van der Waals surface area contributed by atoms with Crippen LogP contribution in [0.3, 0.4) is 0 Å². The summed E-state index contributed by atoms with van der Waals surface area (Å²) < 4.78 is 1.88.